The third-order valence-electron chi connectivity index (χ3n) is 6.65. The van der Waals surface area contributed by atoms with Crippen molar-refractivity contribution in [1.82, 2.24) is 0 Å². The first-order chi connectivity index (χ1) is 16.4. The van der Waals surface area contributed by atoms with E-state index in [0.29, 0.717) is 10.8 Å². The van der Waals surface area contributed by atoms with E-state index in [1.54, 1.807) is 0 Å². The number of halogens is 2. The van der Waals surface area contributed by atoms with Crippen LogP contribution in [0.2, 0.25) is 18.1 Å². The third kappa shape index (κ3) is 11.3. The summed E-state index contributed by atoms with van der Waals surface area (Å²) in [5.41, 5.74) is 5.00. The molecular weight excluding hydrogens is 547 g/mol. The number of hydrogen-bond donors (Lipinski definition) is 1. The van der Waals surface area contributed by atoms with Gasteiger partial charge in [-0.05, 0) is 29.7 Å². The van der Waals surface area contributed by atoms with Crippen molar-refractivity contribution in [3.05, 3.63) is 119 Å². The van der Waals surface area contributed by atoms with E-state index >= 15 is 0 Å². The average molecular weight is 587 g/mol. The zero-order valence-corrected chi connectivity index (χ0v) is 27.1. The van der Waals surface area contributed by atoms with Crippen LogP contribution >= 0.6 is 0 Å². The second-order valence-electron chi connectivity index (χ2n) is 10.5. The molecule has 0 fully saturated rings. The molecule has 1 aliphatic rings. The molecule has 0 amide bonds. The van der Waals surface area contributed by atoms with Crippen LogP contribution in [-0.2, 0) is 20.0 Å². The first-order valence-electron chi connectivity index (χ1n) is 12.2. The number of aromatic hydroxyl groups is 1. The Balaban J connectivity index is 0.000000550. The predicted molar refractivity (Wildman–Crippen MR) is 152 cm³/mol. The summed E-state index contributed by atoms with van der Waals surface area (Å²) in [6.07, 6.45) is 8.33. The standard InChI is InChI=1S/C13H22OSi.C13H10.C6H7.2ClH.Ti/c1-10-7-11(14)9-12(8-10)15(5,6)13(2,3)4;1-3-7-12(8-4-1)11-13-9-5-2-6-10-13;1-6-4-2-3-5-6;;;/h7-9,14H,1-6H3;1-10H;2,4H,3H2,1H3;2*1H;/q;;-1;;;+1/p-2. The first-order valence-corrected chi connectivity index (χ1v) is 15.9. The van der Waals surface area contributed by atoms with E-state index in [9.17, 15) is 5.11 Å². The molecule has 1 nitrogen and oxygen atoms in total. The zero-order valence-electron chi connectivity index (χ0n) is 23.1. The van der Waals surface area contributed by atoms with Crippen molar-refractivity contribution in [3.63, 3.8) is 0 Å². The molecule has 5 heteroatoms. The molecule has 3 aromatic carbocycles. The normalized spacial score (nSPS) is 12.0. The van der Waals surface area contributed by atoms with Gasteiger partial charge in [-0.15, -0.1) is 6.42 Å². The van der Waals surface area contributed by atoms with Crippen molar-refractivity contribution < 1.29 is 49.9 Å². The molecule has 0 radical (unpaired) electrons. The van der Waals surface area contributed by atoms with E-state index in [-0.39, 0.29) is 24.8 Å². The Morgan fingerprint density at radius 1 is 0.838 bits per heavy atom. The Morgan fingerprint density at radius 2 is 1.32 bits per heavy atom. The van der Waals surface area contributed by atoms with Gasteiger partial charge in [-0.1, -0.05) is 52.0 Å². The van der Waals surface area contributed by atoms with Crippen LogP contribution in [0.3, 0.4) is 0 Å². The van der Waals surface area contributed by atoms with Gasteiger partial charge in [-0.25, -0.2) is 11.6 Å². The summed E-state index contributed by atoms with van der Waals surface area (Å²) < 4.78 is 1.33. The molecule has 0 heterocycles. The van der Waals surface area contributed by atoms with Crippen LogP contribution in [0.5, 0.6) is 5.75 Å². The minimum atomic E-state index is -1.50. The monoisotopic (exact) mass is 585 g/mol. The summed E-state index contributed by atoms with van der Waals surface area (Å²) in [6, 6.07) is 26.9. The van der Waals surface area contributed by atoms with Crippen molar-refractivity contribution in [2.45, 2.75) is 59.2 Å². The van der Waals surface area contributed by atoms with Gasteiger partial charge in [0.1, 0.15) is 5.75 Å². The third-order valence-corrected chi connectivity index (χ3v) is 13.0. The molecular formula is C32H39Cl2OSiTi-2. The summed E-state index contributed by atoms with van der Waals surface area (Å²) in [6.45, 7) is 15.7. The van der Waals surface area contributed by atoms with E-state index in [1.165, 1.54) is 25.7 Å². The maximum atomic E-state index is 9.65. The van der Waals surface area contributed by atoms with E-state index < -0.39 is 8.07 Å². The van der Waals surface area contributed by atoms with Crippen LogP contribution in [0, 0.1) is 13.0 Å². The summed E-state index contributed by atoms with van der Waals surface area (Å²) in [4.78, 5) is 0. The van der Waals surface area contributed by atoms with Crippen molar-refractivity contribution in [2.75, 3.05) is 0 Å². The van der Waals surface area contributed by atoms with Gasteiger partial charge in [0.25, 0.3) is 0 Å². The van der Waals surface area contributed by atoms with Crippen LogP contribution in [0.25, 0.3) is 0 Å². The van der Waals surface area contributed by atoms with Gasteiger partial charge >= 0.3 is 95.6 Å². The van der Waals surface area contributed by atoms with Crippen molar-refractivity contribution in [2.24, 2.45) is 0 Å². The summed E-state index contributed by atoms with van der Waals surface area (Å²) in [5, 5.41) is 11.3. The number of aryl methyl sites for hydroxylation is 1. The number of rotatable bonds is 3. The van der Waals surface area contributed by atoms with Gasteiger partial charge in [0.05, 0.1) is 8.07 Å². The molecule has 3 aromatic rings. The molecule has 0 spiro atoms. The number of phenolic OH excluding ortho intramolecular Hbond substituents is 1. The molecule has 197 valence electrons. The fraction of sp³-hybridized carbons (Fsp3) is 0.281. The fourth-order valence-corrected chi connectivity index (χ4v) is 5.93. The topological polar surface area (TPSA) is 20.2 Å². The Bertz CT molecular complexity index is 1100. The quantitative estimate of drug-likeness (QED) is 0.368. The van der Waals surface area contributed by atoms with Gasteiger partial charge in [0.2, 0.25) is 0 Å². The average Bonchev–Trinajstić information content (AvgIpc) is 3.30. The van der Waals surface area contributed by atoms with Crippen molar-refractivity contribution in [1.29, 1.82) is 0 Å². The van der Waals surface area contributed by atoms with Crippen LogP contribution < -0.4 is 30.0 Å². The maximum absolute atomic E-state index is 9.65. The fourth-order valence-electron chi connectivity index (χ4n) is 3.45. The van der Waals surface area contributed by atoms with Crippen molar-refractivity contribution >= 4 is 17.1 Å². The zero-order chi connectivity index (χ0) is 26.1. The Kier molecular flexibility index (Phi) is 15.6. The van der Waals surface area contributed by atoms with E-state index in [4.69, 9.17) is 0 Å². The van der Waals surface area contributed by atoms with Gasteiger partial charge in [0.15, 0.2) is 0 Å². The van der Waals surface area contributed by atoms with Crippen LogP contribution in [0.1, 0.15) is 50.8 Å². The summed E-state index contributed by atoms with van der Waals surface area (Å²) in [7, 11) is -1.50. The second-order valence-corrected chi connectivity index (χ2v) is 16.6. The Labute approximate surface area is 249 Å². The van der Waals surface area contributed by atoms with Crippen LogP contribution in [-0.4, -0.2) is 17.0 Å². The SMILES string of the molecule is CC1=[C-]CC=C1.Cc1cc(O)cc([Si](C)(C)C(C)(C)C)c1.[Cl-].[Cl-].[Ti+]=[C](c1ccccc1)c1ccccc1. The molecule has 0 saturated carbocycles. The molecule has 0 unspecified atom stereocenters. The number of hydrogen-bond acceptors (Lipinski definition) is 1. The minimum absolute atomic E-state index is 0. The van der Waals surface area contributed by atoms with Crippen LogP contribution in [0.4, 0.5) is 0 Å². The molecule has 37 heavy (non-hydrogen) atoms. The molecule has 0 atom stereocenters. The predicted octanol–water partition coefficient (Wildman–Crippen LogP) is 1.92. The Hall–Kier alpha value is -1.68. The van der Waals surface area contributed by atoms with Gasteiger partial charge in [0, 0.05) is 0 Å². The second kappa shape index (κ2) is 16.3. The van der Waals surface area contributed by atoms with Crippen molar-refractivity contribution in [3.8, 4) is 5.75 Å². The summed E-state index contributed by atoms with van der Waals surface area (Å²) >= 11 is 2.16. The number of allylic oxidation sites excluding steroid dienone is 4. The number of phenols is 1. The van der Waals surface area contributed by atoms with Gasteiger partial charge in [-0.2, -0.15) is 6.08 Å². The molecule has 0 bridgehead atoms. The summed E-state index contributed by atoms with van der Waals surface area (Å²) in [5.74, 6) is 0.398. The van der Waals surface area contributed by atoms with Gasteiger partial charge in [-0.3, -0.25) is 6.08 Å². The Morgan fingerprint density at radius 3 is 1.65 bits per heavy atom. The molecule has 1 N–H and O–H groups in total. The molecule has 4 rings (SSSR count). The molecule has 0 saturated heterocycles. The van der Waals surface area contributed by atoms with E-state index in [1.807, 2.05) is 31.2 Å². The van der Waals surface area contributed by atoms with E-state index in [2.05, 4.69) is 134 Å². The van der Waals surface area contributed by atoms with E-state index in [0.717, 1.165) is 12.0 Å². The molecule has 1 aliphatic carbocycles. The van der Waals surface area contributed by atoms with Gasteiger partial charge < -0.3 is 29.9 Å². The first kappa shape index (κ1) is 35.3. The number of benzene rings is 3. The molecule has 0 aromatic heterocycles. The van der Waals surface area contributed by atoms with Crippen LogP contribution in [0.15, 0.2) is 96.6 Å². The molecule has 0 aliphatic heterocycles.